The van der Waals surface area contributed by atoms with Gasteiger partial charge in [0.05, 0.1) is 0 Å². The fourth-order valence-corrected chi connectivity index (χ4v) is 1.87. The van der Waals surface area contributed by atoms with E-state index in [4.69, 9.17) is 0 Å². The molecule has 0 radical (unpaired) electrons. The van der Waals surface area contributed by atoms with Crippen LogP contribution < -0.4 is 0 Å². The van der Waals surface area contributed by atoms with Gasteiger partial charge in [-0.2, -0.15) is 0 Å². The average Bonchev–Trinajstić information content (AvgIpc) is 2.47. The maximum Gasteiger partial charge on any atom is 0.181 e. The summed E-state index contributed by atoms with van der Waals surface area (Å²) in [5.41, 5.74) is 1.04. The number of hydrogen-bond acceptors (Lipinski definition) is 1. The summed E-state index contributed by atoms with van der Waals surface area (Å²) in [6.07, 6.45) is 13.0. The minimum Gasteiger partial charge on any atom is -0.290 e. The van der Waals surface area contributed by atoms with Crippen molar-refractivity contribution in [3.8, 4) is 0 Å². The van der Waals surface area contributed by atoms with Crippen LogP contribution >= 0.6 is 0 Å². The van der Waals surface area contributed by atoms with Crippen LogP contribution in [0.15, 0.2) is 36.0 Å². The van der Waals surface area contributed by atoms with Crippen LogP contribution in [0.5, 0.6) is 0 Å². The van der Waals surface area contributed by atoms with Crippen molar-refractivity contribution in [2.75, 3.05) is 0 Å². The molecule has 1 unspecified atom stereocenters. The van der Waals surface area contributed by atoms with Gasteiger partial charge in [-0.1, -0.05) is 24.3 Å². The van der Waals surface area contributed by atoms with Crippen molar-refractivity contribution >= 4 is 5.78 Å². The third-order valence-electron chi connectivity index (χ3n) is 2.52. The summed E-state index contributed by atoms with van der Waals surface area (Å²) in [7, 11) is 0. The molecule has 0 heterocycles. The third kappa shape index (κ3) is 1.27. The zero-order valence-corrected chi connectivity index (χ0v) is 6.99. The molecular formula is C11H12O. The molecule has 1 heteroatoms. The average molecular weight is 160 g/mol. The Hall–Kier alpha value is -1.11. The second kappa shape index (κ2) is 3.10. The standard InChI is InChI=1S/C11H12O/c12-11-8-3-1-2-5-9-6-4-7-10(9)11/h1-3,7-9H,4-6H2/b2-1-,8-3-. The van der Waals surface area contributed by atoms with Crippen LogP contribution in [0.2, 0.25) is 0 Å². The molecule has 0 aliphatic heterocycles. The molecule has 0 bridgehead atoms. The van der Waals surface area contributed by atoms with Crippen LogP contribution in [0.1, 0.15) is 19.3 Å². The predicted molar refractivity (Wildman–Crippen MR) is 48.7 cm³/mol. The Morgan fingerprint density at radius 3 is 3.17 bits per heavy atom. The predicted octanol–water partition coefficient (Wildman–Crippen LogP) is 2.41. The molecule has 62 valence electrons. The topological polar surface area (TPSA) is 17.1 Å². The summed E-state index contributed by atoms with van der Waals surface area (Å²) in [6, 6.07) is 0. The summed E-state index contributed by atoms with van der Waals surface area (Å²) < 4.78 is 0. The lowest BCUT2D eigenvalue weighted by atomic mass is 9.93. The molecule has 1 atom stereocenters. The lowest BCUT2D eigenvalue weighted by Gasteiger charge is -2.10. The van der Waals surface area contributed by atoms with Gasteiger partial charge in [0.1, 0.15) is 0 Å². The highest BCUT2D eigenvalue weighted by atomic mass is 16.1. The minimum atomic E-state index is 0.210. The minimum absolute atomic E-state index is 0.210. The summed E-state index contributed by atoms with van der Waals surface area (Å²) in [5, 5.41) is 0. The van der Waals surface area contributed by atoms with E-state index in [0.29, 0.717) is 5.92 Å². The van der Waals surface area contributed by atoms with E-state index < -0.39 is 0 Å². The lowest BCUT2D eigenvalue weighted by Crippen LogP contribution is -2.07. The summed E-state index contributed by atoms with van der Waals surface area (Å²) in [4.78, 5) is 11.5. The number of fused-ring (bicyclic) bond motifs is 1. The Bertz CT molecular complexity index is 281. The first-order chi connectivity index (χ1) is 5.88. The molecule has 0 fully saturated rings. The zero-order chi connectivity index (χ0) is 8.39. The van der Waals surface area contributed by atoms with Crippen molar-refractivity contribution in [3.05, 3.63) is 36.0 Å². The van der Waals surface area contributed by atoms with Gasteiger partial charge in [-0.25, -0.2) is 0 Å². The number of rotatable bonds is 0. The molecule has 0 amide bonds. The smallest absolute Gasteiger partial charge is 0.181 e. The molecule has 0 spiro atoms. The van der Waals surface area contributed by atoms with Crippen LogP contribution in [-0.4, -0.2) is 5.78 Å². The molecule has 0 aromatic carbocycles. The SMILES string of the molecule is O=C1/C=C\C=C/CC2CCC=C12. The second-order valence-electron chi connectivity index (χ2n) is 3.32. The number of carbonyl (C=O) groups excluding carboxylic acids is 1. The molecule has 2 rings (SSSR count). The normalized spacial score (nSPS) is 33.2. The third-order valence-corrected chi connectivity index (χ3v) is 2.52. The van der Waals surface area contributed by atoms with Gasteiger partial charge in [-0.15, -0.1) is 0 Å². The summed E-state index contributed by atoms with van der Waals surface area (Å²) in [6.45, 7) is 0. The van der Waals surface area contributed by atoms with E-state index in [-0.39, 0.29) is 5.78 Å². The number of carbonyl (C=O) groups is 1. The second-order valence-corrected chi connectivity index (χ2v) is 3.32. The van der Waals surface area contributed by atoms with Gasteiger partial charge in [0.15, 0.2) is 5.78 Å². The molecule has 1 nitrogen and oxygen atoms in total. The van der Waals surface area contributed by atoms with Gasteiger partial charge >= 0.3 is 0 Å². The Morgan fingerprint density at radius 2 is 2.25 bits per heavy atom. The molecule has 12 heavy (non-hydrogen) atoms. The van der Waals surface area contributed by atoms with E-state index >= 15 is 0 Å². The Labute approximate surface area is 72.5 Å². The molecule has 0 saturated carbocycles. The van der Waals surface area contributed by atoms with E-state index in [9.17, 15) is 4.79 Å². The molecule has 0 aromatic heterocycles. The number of ketones is 1. The van der Waals surface area contributed by atoms with Crippen LogP contribution in [0.3, 0.4) is 0 Å². The van der Waals surface area contributed by atoms with Crippen molar-refractivity contribution in [3.63, 3.8) is 0 Å². The zero-order valence-electron chi connectivity index (χ0n) is 6.99. The molecule has 0 aromatic rings. The van der Waals surface area contributed by atoms with Crippen molar-refractivity contribution in [1.82, 2.24) is 0 Å². The van der Waals surface area contributed by atoms with E-state index in [0.717, 1.165) is 24.8 Å². The van der Waals surface area contributed by atoms with Crippen molar-refractivity contribution in [2.24, 2.45) is 5.92 Å². The van der Waals surface area contributed by atoms with Crippen LogP contribution in [-0.2, 0) is 4.79 Å². The van der Waals surface area contributed by atoms with E-state index in [2.05, 4.69) is 12.2 Å². The van der Waals surface area contributed by atoms with Crippen molar-refractivity contribution in [1.29, 1.82) is 0 Å². The van der Waals surface area contributed by atoms with E-state index in [1.54, 1.807) is 6.08 Å². The van der Waals surface area contributed by atoms with Crippen LogP contribution in [0.4, 0.5) is 0 Å². The van der Waals surface area contributed by atoms with E-state index in [1.165, 1.54) is 0 Å². The fourth-order valence-electron chi connectivity index (χ4n) is 1.87. The Kier molecular flexibility index (Phi) is 1.94. The Morgan fingerprint density at radius 1 is 1.33 bits per heavy atom. The summed E-state index contributed by atoms with van der Waals surface area (Å²) in [5.74, 6) is 0.709. The first kappa shape index (κ1) is 7.53. The maximum absolute atomic E-state index is 11.5. The van der Waals surface area contributed by atoms with Gasteiger partial charge in [0.25, 0.3) is 0 Å². The largest absolute Gasteiger partial charge is 0.290 e. The highest BCUT2D eigenvalue weighted by molar-refractivity contribution is 6.04. The molecular weight excluding hydrogens is 148 g/mol. The van der Waals surface area contributed by atoms with E-state index in [1.807, 2.05) is 12.2 Å². The first-order valence-electron chi connectivity index (χ1n) is 4.45. The van der Waals surface area contributed by atoms with Crippen molar-refractivity contribution in [2.45, 2.75) is 19.3 Å². The first-order valence-corrected chi connectivity index (χ1v) is 4.45. The number of hydrogen-bond donors (Lipinski definition) is 0. The van der Waals surface area contributed by atoms with Gasteiger partial charge in [0, 0.05) is 0 Å². The van der Waals surface area contributed by atoms with Gasteiger partial charge in [0.2, 0.25) is 0 Å². The highest BCUT2D eigenvalue weighted by Gasteiger charge is 2.22. The van der Waals surface area contributed by atoms with Crippen LogP contribution in [0.25, 0.3) is 0 Å². The van der Waals surface area contributed by atoms with Crippen LogP contribution in [0, 0.1) is 5.92 Å². The lowest BCUT2D eigenvalue weighted by molar-refractivity contribution is -0.111. The fraction of sp³-hybridized carbons (Fsp3) is 0.364. The highest BCUT2D eigenvalue weighted by Crippen LogP contribution is 2.30. The van der Waals surface area contributed by atoms with Gasteiger partial charge < -0.3 is 0 Å². The Balaban J connectivity index is 2.29. The van der Waals surface area contributed by atoms with Gasteiger partial charge in [-0.3, -0.25) is 4.79 Å². The molecule has 2 aliphatic carbocycles. The molecule has 0 N–H and O–H groups in total. The maximum atomic E-state index is 11.5. The van der Waals surface area contributed by atoms with Crippen molar-refractivity contribution < 1.29 is 4.79 Å². The summed E-state index contributed by atoms with van der Waals surface area (Å²) >= 11 is 0. The molecule has 0 saturated heterocycles. The molecule has 2 aliphatic rings. The monoisotopic (exact) mass is 160 g/mol. The number of allylic oxidation sites excluding steroid dienone is 6. The van der Waals surface area contributed by atoms with Gasteiger partial charge in [-0.05, 0) is 36.8 Å². The quantitative estimate of drug-likeness (QED) is 0.532.